The van der Waals surface area contributed by atoms with E-state index in [1.54, 1.807) is 0 Å². The van der Waals surface area contributed by atoms with Crippen molar-refractivity contribution in [2.45, 2.75) is 19.3 Å². The van der Waals surface area contributed by atoms with E-state index in [2.05, 4.69) is 240 Å². The maximum absolute atomic E-state index is 2.41. The van der Waals surface area contributed by atoms with Crippen LogP contribution in [0.2, 0.25) is 0 Å². The maximum Gasteiger partial charge on any atom is 0.0467 e. The molecular weight excluding hydrogens is 689 g/mol. The molecule has 2 heteroatoms. The van der Waals surface area contributed by atoms with E-state index in [0.717, 1.165) is 47.7 Å². The van der Waals surface area contributed by atoms with Gasteiger partial charge in [0.25, 0.3) is 0 Å². The molecule has 2 aliphatic rings. The van der Waals surface area contributed by atoms with E-state index in [1.807, 2.05) is 0 Å². The van der Waals surface area contributed by atoms with Crippen LogP contribution in [-0.2, 0) is 0 Å². The third-order valence-electron chi connectivity index (χ3n) is 10.7. The first-order valence-corrected chi connectivity index (χ1v) is 19.9. The van der Waals surface area contributed by atoms with E-state index >= 15 is 0 Å². The van der Waals surface area contributed by atoms with Crippen molar-refractivity contribution in [2.24, 2.45) is 0 Å². The van der Waals surface area contributed by atoms with Gasteiger partial charge >= 0.3 is 0 Å². The SMILES string of the molecule is C1=CC(N(C2=CCCC=C2)c2ccc(-c3ccccc3)cc2)=CC(c2ccccc2-c2cccc(N(c3ccccc3)c3ccc(-c4ccccc4)cc3)c2)=CC1. The first-order chi connectivity index (χ1) is 28.3. The summed E-state index contributed by atoms with van der Waals surface area (Å²) < 4.78 is 0. The van der Waals surface area contributed by atoms with E-state index in [9.17, 15) is 0 Å². The van der Waals surface area contributed by atoms with Crippen LogP contribution in [-0.4, -0.2) is 0 Å². The van der Waals surface area contributed by atoms with Crippen molar-refractivity contribution >= 4 is 28.3 Å². The molecule has 2 nitrogen and oxygen atoms in total. The molecular formula is C55H44N2. The molecule has 9 rings (SSSR count). The topological polar surface area (TPSA) is 6.48 Å². The van der Waals surface area contributed by atoms with Crippen LogP contribution in [0.1, 0.15) is 24.8 Å². The summed E-state index contributed by atoms with van der Waals surface area (Å²) in [6, 6.07) is 67.5. The number of para-hydroxylation sites is 1. The zero-order chi connectivity index (χ0) is 38.2. The second kappa shape index (κ2) is 16.7. The Morgan fingerprint density at radius 2 is 0.842 bits per heavy atom. The lowest BCUT2D eigenvalue weighted by molar-refractivity contribution is 0.987. The van der Waals surface area contributed by atoms with Crippen LogP contribution in [0, 0.1) is 0 Å². The van der Waals surface area contributed by atoms with Crippen LogP contribution in [0.3, 0.4) is 0 Å². The molecule has 0 aliphatic heterocycles. The van der Waals surface area contributed by atoms with Gasteiger partial charge in [-0.2, -0.15) is 0 Å². The highest BCUT2D eigenvalue weighted by Gasteiger charge is 2.19. The van der Waals surface area contributed by atoms with Gasteiger partial charge in [-0.1, -0.05) is 164 Å². The van der Waals surface area contributed by atoms with Crippen molar-refractivity contribution in [2.75, 3.05) is 9.80 Å². The van der Waals surface area contributed by atoms with Gasteiger partial charge in [0.05, 0.1) is 0 Å². The average molecular weight is 733 g/mol. The van der Waals surface area contributed by atoms with Crippen LogP contribution < -0.4 is 9.80 Å². The van der Waals surface area contributed by atoms with E-state index in [4.69, 9.17) is 0 Å². The summed E-state index contributed by atoms with van der Waals surface area (Å²) in [4.78, 5) is 4.75. The van der Waals surface area contributed by atoms with Crippen molar-refractivity contribution in [3.05, 3.63) is 248 Å². The minimum Gasteiger partial charge on any atom is -0.311 e. The predicted octanol–water partition coefficient (Wildman–Crippen LogP) is 15.1. The number of hydrogen-bond acceptors (Lipinski definition) is 2. The number of rotatable bonds is 10. The second-order valence-corrected chi connectivity index (χ2v) is 14.4. The molecule has 0 spiro atoms. The third-order valence-corrected chi connectivity index (χ3v) is 10.7. The number of nitrogens with zero attached hydrogens (tertiary/aromatic N) is 2. The van der Waals surface area contributed by atoms with Crippen molar-refractivity contribution in [1.29, 1.82) is 0 Å². The molecule has 57 heavy (non-hydrogen) atoms. The number of allylic oxidation sites excluding steroid dienone is 8. The van der Waals surface area contributed by atoms with Crippen molar-refractivity contribution in [1.82, 2.24) is 0 Å². The molecule has 0 N–H and O–H groups in total. The number of anilines is 4. The molecule has 0 fully saturated rings. The van der Waals surface area contributed by atoms with E-state index in [0.29, 0.717) is 0 Å². The van der Waals surface area contributed by atoms with Gasteiger partial charge in [0.1, 0.15) is 0 Å². The Kier molecular flexibility index (Phi) is 10.4. The Morgan fingerprint density at radius 3 is 1.47 bits per heavy atom. The fourth-order valence-corrected chi connectivity index (χ4v) is 7.88. The van der Waals surface area contributed by atoms with Gasteiger partial charge in [0, 0.05) is 34.1 Å². The lowest BCUT2D eigenvalue weighted by Crippen LogP contribution is -2.20. The summed E-state index contributed by atoms with van der Waals surface area (Å²) in [5.74, 6) is 0. The van der Waals surface area contributed by atoms with Gasteiger partial charge in [-0.25, -0.2) is 0 Å². The second-order valence-electron chi connectivity index (χ2n) is 14.4. The predicted molar refractivity (Wildman–Crippen MR) is 243 cm³/mol. The Hall–Kier alpha value is -7.16. The molecule has 274 valence electrons. The highest BCUT2D eigenvalue weighted by molar-refractivity contribution is 5.89. The Labute approximate surface area is 337 Å². The van der Waals surface area contributed by atoms with Gasteiger partial charge in [0.2, 0.25) is 0 Å². The van der Waals surface area contributed by atoms with Crippen LogP contribution in [0.25, 0.3) is 39.0 Å². The number of benzene rings is 7. The molecule has 0 heterocycles. The van der Waals surface area contributed by atoms with Gasteiger partial charge in [-0.3, -0.25) is 0 Å². The summed E-state index contributed by atoms with van der Waals surface area (Å²) in [6.07, 6.45) is 19.1. The van der Waals surface area contributed by atoms with Crippen LogP contribution >= 0.6 is 0 Å². The fourth-order valence-electron chi connectivity index (χ4n) is 7.88. The first kappa shape index (κ1) is 35.5. The van der Waals surface area contributed by atoms with Gasteiger partial charge < -0.3 is 9.80 Å². The molecule has 0 amide bonds. The monoisotopic (exact) mass is 732 g/mol. The zero-order valence-electron chi connectivity index (χ0n) is 32.0. The summed E-state index contributed by atoms with van der Waals surface area (Å²) >= 11 is 0. The molecule has 0 unspecified atom stereocenters. The molecule has 0 saturated heterocycles. The van der Waals surface area contributed by atoms with Crippen LogP contribution in [0.5, 0.6) is 0 Å². The van der Waals surface area contributed by atoms with E-state index in [-0.39, 0.29) is 0 Å². The maximum atomic E-state index is 2.41. The number of hydrogen-bond donors (Lipinski definition) is 0. The lowest BCUT2D eigenvalue weighted by atomic mass is 9.93. The summed E-state index contributed by atoms with van der Waals surface area (Å²) in [5, 5.41) is 0. The largest absolute Gasteiger partial charge is 0.311 e. The quantitative estimate of drug-likeness (QED) is 0.138. The van der Waals surface area contributed by atoms with Crippen LogP contribution in [0.15, 0.2) is 242 Å². The molecule has 0 radical (unpaired) electrons. The lowest BCUT2D eigenvalue weighted by Gasteiger charge is -2.29. The Balaban J connectivity index is 1.09. The standard InChI is InChI=1S/C55H44N2/c1-5-18-42(19-6-1)44-32-36-50(37-33-44)56(48-24-9-3-10-25-48)52-28-14-13-22-46(40-52)54-30-15-16-31-55(54)47-23-17-29-53(41-47)57(49-26-11-4-12-27-49)51-38-34-45(35-39-51)43-20-7-2-8-21-43/h1-2,4-9,11-12,14-41H,3,10,13H2. The minimum absolute atomic E-state index is 0.847. The molecule has 2 aliphatic carbocycles. The minimum atomic E-state index is 0.847. The highest BCUT2D eigenvalue weighted by Crippen LogP contribution is 2.40. The zero-order valence-corrected chi connectivity index (χ0v) is 32.0. The normalized spacial score (nSPS) is 13.6. The third kappa shape index (κ3) is 7.85. The molecule has 0 saturated carbocycles. The summed E-state index contributed by atoms with van der Waals surface area (Å²) in [6.45, 7) is 0. The van der Waals surface area contributed by atoms with Gasteiger partial charge in [-0.15, -0.1) is 0 Å². The summed E-state index contributed by atoms with van der Waals surface area (Å²) in [5.41, 5.74) is 16.4. The first-order valence-electron chi connectivity index (χ1n) is 19.9. The van der Waals surface area contributed by atoms with E-state index in [1.165, 1.54) is 50.2 Å². The molecule has 7 aromatic rings. The Morgan fingerprint density at radius 1 is 0.333 bits per heavy atom. The fraction of sp³-hybridized carbons (Fsp3) is 0.0545. The van der Waals surface area contributed by atoms with Gasteiger partial charge in [-0.05, 0) is 131 Å². The summed E-state index contributed by atoms with van der Waals surface area (Å²) in [7, 11) is 0. The van der Waals surface area contributed by atoms with Crippen molar-refractivity contribution in [3.8, 4) is 33.4 Å². The highest BCUT2D eigenvalue weighted by atomic mass is 15.2. The molecule has 7 aromatic carbocycles. The van der Waals surface area contributed by atoms with Gasteiger partial charge in [0.15, 0.2) is 0 Å². The molecule has 0 atom stereocenters. The molecule has 0 bridgehead atoms. The van der Waals surface area contributed by atoms with E-state index < -0.39 is 0 Å². The van der Waals surface area contributed by atoms with Crippen LogP contribution in [0.4, 0.5) is 22.7 Å². The Bertz CT molecular complexity index is 2610. The average Bonchev–Trinajstić information content (AvgIpc) is 3.55. The van der Waals surface area contributed by atoms with Crippen molar-refractivity contribution < 1.29 is 0 Å². The molecule has 0 aromatic heterocycles. The smallest absolute Gasteiger partial charge is 0.0467 e. The van der Waals surface area contributed by atoms with Crippen molar-refractivity contribution in [3.63, 3.8) is 0 Å².